The van der Waals surface area contributed by atoms with Crippen LogP contribution in [0.4, 0.5) is 0 Å². The summed E-state index contributed by atoms with van der Waals surface area (Å²) in [5, 5.41) is 3.64. The fourth-order valence-electron chi connectivity index (χ4n) is 4.09. The van der Waals surface area contributed by atoms with E-state index in [2.05, 4.69) is 33.0 Å². The summed E-state index contributed by atoms with van der Waals surface area (Å²) in [6.07, 6.45) is 5.28. The number of hydrogen-bond acceptors (Lipinski definition) is 3. The quantitative estimate of drug-likeness (QED) is 0.778. The van der Waals surface area contributed by atoms with Gasteiger partial charge in [-0.25, -0.2) is 0 Å². The van der Waals surface area contributed by atoms with Crippen LogP contribution in [-0.4, -0.2) is 31.3 Å². The van der Waals surface area contributed by atoms with Crippen LogP contribution in [0, 0.1) is 17.3 Å². The molecule has 0 bridgehead atoms. The standard InChI is InChI=1S/C16H32N2O/c1-5-12(6-2)10-18-11-16(17)13-8-7-9-19-14(13)15(16,3)4/h12-14,18H,5-11,17H2,1-4H3. The van der Waals surface area contributed by atoms with Gasteiger partial charge in [-0.15, -0.1) is 0 Å². The number of nitrogens with one attached hydrogen (secondary N) is 1. The molecule has 112 valence electrons. The molecule has 1 aliphatic heterocycles. The van der Waals surface area contributed by atoms with Gasteiger partial charge in [-0.1, -0.05) is 40.5 Å². The predicted molar refractivity (Wildman–Crippen MR) is 80.1 cm³/mol. The van der Waals surface area contributed by atoms with E-state index in [0.29, 0.717) is 12.0 Å². The molecule has 2 aliphatic rings. The molecule has 2 rings (SSSR count). The Labute approximate surface area is 118 Å². The average Bonchev–Trinajstić information content (AvgIpc) is 2.43. The molecule has 3 N–H and O–H groups in total. The normalized spacial score (nSPS) is 36.9. The molecule has 3 heteroatoms. The Morgan fingerprint density at radius 2 is 2.00 bits per heavy atom. The lowest BCUT2D eigenvalue weighted by Gasteiger charge is -2.66. The summed E-state index contributed by atoms with van der Waals surface area (Å²) in [5.74, 6) is 1.33. The second-order valence-corrected chi connectivity index (χ2v) is 7.12. The van der Waals surface area contributed by atoms with E-state index in [1.807, 2.05) is 0 Å². The van der Waals surface area contributed by atoms with Crippen LogP contribution in [0.15, 0.2) is 0 Å². The van der Waals surface area contributed by atoms with Crippen LogP contribution < -0.4 is 11.1 Å². The van der Waals surface area contributed by atoms with Gasteiger partial charge in [0.2, 0.25) is 0 Å². The second kappa shape index (κ2) is 5.71. The van der Waals surface area contributed by atoms with Crippen LogP contribution in [0.5, 0.6) is 0 Å². The first-order valence-corrected chi connectivity index (χ1v) is 8.08. The second-order valence-electron chi connectivity index (χ2n) is 7.12. The first-order valence-electron chi connectivity index (χ1n) is 8.08. The summed E-state index contributed by atoms with van der Waals surface area (Å²) >= 11 is 0. The first kappa shape index (κ1) is 15.3. The molecule has 0 spiro atoms. The van der Waals surface area contributed by atoms with E-state index in [-0.39, 0.29) is 11.0 Å². The smallest absolute Gasteiger partial charge is 0.0690 e. The zero-order chi connectivity index (χ0) is 14.1. The zero-order valence-corrected chi connectivity index (χ0v) is 13.2. The van der Waals surface area contributed by atoms with E-state index in [1.165, 1.54) is 25.7 Å². The third kappa shape index (κ3) is 2.45. The van der Waals surface area contributed by atoms with E-state index in [1.54, 1.807) is 0 Å². The number of hydrogen-bond donors (Lipinski definition) is 2. The van der Waals surface area contributed by atoms with Gasteiger partial charge in [0, 0.05) is 30.0 Å². The van der Waals surface area contributed by atoms with Gasteiger partial charge >= 0.3 is 0 Å². The van der Waals surface area contributed by atoms with Gasteiger partial charge in [0.1, 0.15) is 0 Å². The van der Waals surface area contributed by atoms with Gasteiger partial charge in [-0.3, -0.25) is 0 Å². The Balaban J connectivity index is 1.90. The van der Waals surface area contributed by atoms with Crippen molar-refractivity contribution >= 4 is 0 Å². The van der Waals surface area contributed by atoms with Crippen LogP contribution in [-0.2, 0) is 4.74 Å². The maximum Gasteiger partial charge on any atom is 0.0690 e. The Morgan fingerprint density at radius 3 is 2.63 bits per heavy atom. The Hall–Kier alpha value is -0.120. The van der Waals surface area contributed by atoms with Gasteiger partial charge < -0.3 is 15.8 Å². The molecule has 1 heterocycles. The van der Waals surface area contributed by atoms with E-state index in [9.17, 15) is 0 Å². The predicted octanol–water partition coefficient (Wildman–Crippen LogP) is 2.54. The lowest BCUT2D eigenvalue weighted by molar-refractivity contribution is -0.225. The SMILES string of the molecule is CCC(CC)CNCC1(N)C2CCCOC2C1(C)C. The molecule has 0 aromatic heterocycles. The molecule has 1 saturated heterocycles. The summed E-state index contributed by atoms with van der Waals surface area (Å²) < 4.78 is 5.95. The Bertz CT molecular complexity index is 301. The summed E-state index contributed by atoms with van der Waals surface area (Å²) in [7, 11) is 0. The van der Waals surface area contributed by atoms with Crippen molar-refractivity contribution in [2.75, 3.05) is 19.7 Å². The molecule has 1 aliphatic carbocycles. The van der Waals surface area contributed by atoms with Crippen molar-refractivity contribution in [1.29, 1.82) is 0 Å². The summed E-state index contributed by atoms with van der Waals surface area (Å²) in [4.78, 5) is 0. The fourth-order valence-corrected chi connectivity index (χ4v) is 4.09. The monoisotopic (exact) mass is 268 g/mol. The summed E-state index contributed by atoms with van der Waals surface area (Å²) in [5.41, 5.74) is 6.76. The molecular weight excluding hydrogens is 236 g/mol. The van der Waals surface area contributed by atoms with Gasteiger partial charge in [0.15, 0.2) is 0 Å². The number of ether oxygens (including phenoxy) is 1. The molecule has 3 nitrogen and oxygen atoms in total. The van der Waals surface area contributed by atoms with E-state index < -0.39 is 0 Å². The van der Waals surface area contributed by atoms with Crippen molar-refractivity contribution in [3.05, 3.63) is 0 Å². The summed E-state index contributed by atoms with van der Waals surface area (Å²) in [6, 6.07) is 0. The molecule has 0 aromatic carbocycles. The van der Waals surface area contributed by atoms with E-state index in [4.69, 9.17) is 10.5 Å². The topological polar surface area (TPSA) is 47.3 Å². The lowest BCUT2D eigenvalue weighted by Crippen LogP contribution is -2.80. The van der Waals surface area contributed by atoms with Gasteiger partial charge in [0.25, 0.3) is 0 Å². The molecule has 2 fully saturated rings. The molecule has 0 radical (unpaired) electrons. The minimum atomic E-state index is -0.0931. The van der Waals surface area contributed by atoms with Crippen molar-refractivity contribution in [1.82, 2.24) is 5.32 Å². The van der Waals surface area contributed by atoms with Crippen LogP contribution in [0.3, 0.4) is 0 Å². The van der Waals surface area contributed by atoms with Gasteiger partial charge in [0.05, 0.1) is 6.10 Å². The third-order valence-electron chi connectivity index (χ3n) is 5.90. The lowest BCUT2D eigenvalue weighted by atomic mass is 9.46. The molecule has 0 aromatic rings. The Kier molecular flexibility index (Phi) is 4.59. The van der Waals surface area contributed by atoms with Crippen molar-refractivity contribution in [3.63, 3.8) is 0 Å². The van der Waals surface area contributed by atoms with Crippen LogP contribution in [0.1, 0.15) is 53.4 Å². The highest BCUT2D eigenvalue weighted by Gasteiger charge is 2.65. The van der Waals surface area contributed by atoms with E-state index >= 15 is 0 Å². The minimum Gasteiger partial charge on any atom is -0.377 e. The minimum absolute atomic E-state index is 0.0931. The summed E-state index contributed by atoms with van der Waals surface area (Å²) in [6.45, 7) is 12.0. The van der Waals surface area contributed by atoms with Crippen molar-refractivity contribution in [2.45, 2.75) is 65.0 Å². The molecule has 1 saturated carbocycles. The first-order chi connectivity index (χ1) is 8.97. The Morgan fingerprint density at radius 1 is 1.32 bits per heavy atom. The van der Waals surface area contributed by atoms with E-state index in [0.717, 1.165) is 25.6 Å². The van der Waals surface area contributed by atoms with Gasteiger partial charge in [-0.2, -0.15) is 0 Å². The highest BCUT2D eigenvalue weighted by molar-refractivity contribution is 5.20. The molecule has 3 atom stereocenters. The largest absolute Gasteiger partial charge is 0.377 e. The fraction of sp³-hybridized carbons (Fsp3) is 1.00. The third-order valence-corrected chi connectivity index (χ3v) is 5.90. The maximum absolute atomic E-state index is 6.76. The number of nitrogens with two attached hydrogens (primary N) is 1. The molecular formula is C16H32N2O. The maximum atomic E-state index is 6.76. The highest BCUT2D eigenvalue weighted by atomic mass is 16.5. The van der Waals surface area contributed by atoms with Crippen molar-refractivity contribution in [3.8, 4) is 0 Å². The molecule has 0 amide bonds. The molecule has 19 heavy (non-hydrogen) atoms. The zero-order valence-electron chi connectivity index (χ0n) is 13.2. The van der Waals surface area contributed by atoms with Crippen molar-refractivity contribution in [2.24, 2.45) is 23.0 Å². The number of fused-ring (bicyclic) bond motifs is 1. The number of rotatable bonds is 6. The average molecular weight is 268 g/mol. The highest BCUT2D eigenvalue weighted by Crippen LogP contribution is 2.56. The molecule has 3 unspecified atom stereocenters. The van der Waals surface area contributed by atoms with Crippen LogP contribution >= 0.6 is 0 Å². The van der Waals surface area contributed by atoms with Crippen LogP contribution in [0.2, 0.25) is 0 Å². The van der Waals surface area contributed by atoms with Crippen LogP contribution in [0.25, 0.3) is 0 Å². The van der Waals surface area contributed by atoms with Crippen molar-refractivity contribution < 1.29 is 4.74 Å². The van der Waals surface area contributed by atoms with Gasteiger partial charge in [-0.05, 0) is 25.3 Å².